The van der Waals surface area contributed by atoms with Crippen LogP contribution in [0.15, 0.2) is 28.2 Å². The second kappa shape index (κ2) is 6.93. The van der Waals surface area contributed by atoms with E-state index in [1.54, 1.807) is 6.92 Å². The first-order chi connectivity index (χ1) is 11.5. The van der Waals surface area contributed by atoms with Crippen molar-refractivity contribution in [3.63, 3.8) is 0 Å². The number of hydrogen-bond acceptors (Lipinski definition) is 7. The molecule has 24 heavy (non-hydrogen) atoms. The fourth-order valence-corrected chi connectivity index (χ4v) is 2.96. The van der Waals surface area contributed by atoms with E-state index in [2.05, 4.69) is 20.8 Å². The van der Waals surface area contributed by atoms with Gasteiger partial charge in [-0.15, -0.1) is 16.4 Å². The van der Waals surface area contributed by atoms with Crippen LogP contribution in [0.25, 0.3) is 0 Å². The minimum Gasteiger partial charge on any atom is -0.386 e. The Bertz CT molecular complexity index is 805. The molecule has 0 aliphatic heterocycles. The number of aliphatic hydroxyl groups excluding tert-OH is 1. The van der Waals surface area contributed by atoms with E-state index in [0.717, 1.165) is 16.1 Å². The Balaban J connectivity index is 1.59. The first-order valence-corrected chi connectivity index (χ1v) is 8.24. The molecule has 126 valence electrons. The van der Waals surface area contributed by atoms with Crippen LogP contribution in [0.3, 0.4) is 0 Å². The van der Waals surface area contributed by atoms with E-state index in [1.165, 1.54) is 22.2 Å². The quantitative estimate of drug-likeness (QED) is 0.702. The number of nitrogens with zero attached hydrogens (tertiary/aromatic N) is 4. The van der Waals surface area contributed by atoms with Gasteiger partial charge in [0.2, 0.25) is 0 Å². The van der Waals surface area contributed by atoms with E-state index >= 15 is 0 Å². The SMILES string of the molecule is Cc1noc(C)c1CNC(=O)c1cn(CC(O)c2cccs2)nn1. The van der Waals surface area contributed by atoms with Gasteiger partial charge in [0.1, 0.15) is 11.9 Å². The molecular formula is C15H17N5O3S. The van der Waals surface area contributed by atoms with E-state index in [9.17, 15) is 9.90 Å². The predicted molar refractivity (Wildman–Crippen MR) is 86.4 cm³/mol. The number of hydrogen-bond donors (Lipinski definition) is 2. The monoisotopic (exact) mass is 347 g/mol. The molecule has 0 bridgehead atoms. The summed E-state index contributed by atoms with van der Waals surface area (Å²) in [6.45, 7) is 4.17. The number of thiophene rings is 1. The summed E-state index contributed by atoms with van der Waals surface area (Å²) in [5.41, 5.74) is 1.79. The number of amides is 1. The molecule has 0 aliphatic rings. The fourth-order valence-electron chi connectivity index (χ4n) is 2.25. The Kier molecular flexibility index (Phi) is 4.72. The number of aryl methyl sites for hydroxylation is 2. The highest BCUT2D eigenvalue weighted by molar-refractivity contribution is 7.10. The number of nitrogens with one attached hydrogen (secondary N) is 1. The lowest BCUT2D eigenvalue weighted by atomic mass is 10.2. The topological polar surface area (TPSA) is 106 Å². The summed E-state index contributed by atoms with van der Waals surface area (Å²) in [6.07, 6.45) is 0.837. The molecule has 0 aromatic carbocycles. The summed E-state index contributed by atoms with van der Waals surface area (Å²) in [7, 11) is 0. The fraction of sp³-hybridized carbons (Fsp3) is 0.333. The molecule has 0 radical (unpaired) electrons. The van der Waals surface area contributed by atoms with E-state index in [4.69, 9.17) is 4.52 Å². The average molecular weight is 347 g/mol. The van der Waals surface area contributed by atoms with Crippen LogP contribution in [-0.2, 0) is 13.1 Å². The van der Waals surface area contributed by atoms with Crippen LogP contribution in [0.5, 0.6) is 0 Å². The third kappa shape index (κ3) is 3.52. The molecule has 0 fully saturated rings. The molecule has 3 rings (SSSR count). The van der Waals surface area contributed by atoms with Crippen molar-refractivity contribution in [2.24, 2.45) is 0 Å². The Morgan fingerprint density at radius 3 is 3.00 bits per heavy atom. The molecule has 3 aromatic heterocycles. The highest BCUT2D eigenvalue weighted by atomic mass is 32.1. The van der Waals surface area contributed by atoms with E-state index in [-0.39, 0.29) is 18.1 Å². The molecular weight excluding hydrogens is 330 g/mol. The van der Waals surface area contributed by atoms with Gasteiger partial charge in [0.25, 0.3) is 5.91 Å². The number of aromatic nitrogens is 4. The van der Waals surface area contributed by atoms with Crippen molar-refractivity contribution in [1.29, 1.82) is 0 Å². The van der Waals surface area contributed by atoms with Crippen molar-refractivity contribution in [2.75, 3.05) is 0 Å². The summed E-state index contributed by atoms with van der Waals surface area (Å²) < 4.78 is 6.51. The Labute approximate surface area is 142 Å². The molecule has 8 nitrogen and oxygen atoms in total. The molecule has 9 heteroatoms. The van der Waals surface area contributed by atoms with Crippen LogP contribution in [0.4, 0.5) is 0 Å². The maximum absolute atomic E-state index is 12.2. The Morgan fingerprint density at radius 2 is 2.33 bits per heavy atom. The van der Waals surface area contributed by atoms with Gasteiger partial charge in [-0.05, 0) is 25.3 Å². The summed E-state index contributed by atoms with van der Waals surface area (Å²) in [6, 6.07) is 3.72. The molecule has 2 N–H and O–H groups in total. The van der Waals surface area contributed by atoms with Crippen LogP contribution in [-0.4, -0.2) is 31.2 Å². The summed E-state index contributed by atoms with van der Waals surface area (Å²) in [4.78, 5) is 13.0. The largest absolute Gasteiger partial charge is 0.386 e. The highest BCUT2D eigenvalue weighted by Crippen LogP contribution is 2.20. The van der Waals surface area contributed by atoms with Gasteiger partial charge in [0.05, 0.1) is 18.4 Å². The molecule has 0 aliphatic carbocycles. The first-order valence-electron chi connectivity index (χ1n) is 7.36. The lowest BCUT2D eigenvalue weighted by molar-refractivity contribution is 0.0945. The first kappa shape index (κ1) is 16.3. The van der Waals surface area contributed by atoms with Crippen molar-refractivity contribution in [3.8, 4) is 0 Å². The van der Waals surface area contributed by atoms with Gasteiger partial charge in [-0.2, -0.15) is 0 Å². The average Bonchev–Trinajstić information content (AvgIpc) is 3.28. The van der Waals surface area contributed by atoms with Crippen molar-refractivity contribution in [2.45, 2.75) is 33.0 Å². The zero-order valence-electron chi connectivity index (χ0n) is 13.3. The lowest BCUT2D eigenvalue weighted by Gasteiger charge is -2.07. The molecule has 0 saturated heterocycles. The van der Waals surface area contributed by atoms with E-state index in [0.29, 0.717) is 12.3 Å². The van der Waals surface area contributed by atoms with Crippen LogP contribution < -0.4 is 5.32 Å². The van der Waals surface area contributed by atoms with Gasteiger partial charge in [-0.25, -0.2) is 4.68 Å². The van der Waals surface area contributed by atoms with Crippen molar-refractivity contribution in [1.82, 2.24) is 25.5 Å². The van der Waals surface area contributed by atoms with Crippen LogP contribution in [0.1, 0.15) is 38.5 Å². The third-order valence-corrected chi connectivity index (χ3v) is 4.58. The van der Waals surface area contributed by atoms with Gasteiger partial charge in [-0.3, -0.25) is 4.79 Å². The number of carbonyl (C=O) groups excluding carboxylic acids is 1. The summed E-state index contributed by atoms with van der Waals surface area (Å²) >= 11 is 1.47. The van der Waals surface area contributed by atoms with Gasteiger partial charge < -0.3 is 14.9 Å². The highest BCUT2D eigenvalue weighted by Gasteiger charge is 2.16. The van der Waals surface area contributed by atoms with Crippen LogP contribution in [0, 0.1) is 13.8 Å². The standard InChI is InChI=1S/C15H17N5O3S/c1-9-11(10(2)23-18-9)6-16-15(22)12-7-20(19-17-12)8-13(21)14-4-3-5-24-14/h3-5,7,13,21H,6,8H2,1-2H3,(H,16,22). The lowest BCUT2D eigenvalue weighted by Crippen LogP contribution is -2.23. The molecule has 1 amide bonds. The van der Waals surface area contributed by atoms with E-state index in [1.807, 2.05) is 24.4 Å². The molecule has 1 unspecified atom stereocenters. The third-order valence-electron chi connectivity index (χ3n) is 3.61. The van der Waals surface area contributed by atoms with E-state index < -0.39 is 6.10 Å². The van der Waals surface area contributed by atoms with Crippen LogP contribution >= 0.6 is 11.3 Å². The molecule has 3 aromatic rings. The molecule has 1 atom stereocenters. The maximum Gasteiger partial charge on any atom is 0.273 e. The second-order valence-electron chi connectivity index (χ2n) is 5.34. The number of aliphatic hydroxyl groups is 1. The zero-order chi connectivity index (χ0) is 17.1. The zero-order valence-corrected chi connectivity index (χ0v) is 14.1. The van der Waals surface area contributed by atoms with Gasteiger partial charge in [-0.1, -0.05) is 16.4 Å². The predicted octanol–water partition coefficient (Wildman–Crippen LogP) is 1.61. The van der Waals surface area contributed by atoms with Gasteiger partial charge in [0.15, 0.2) is 5.69 Å². The van der Waals surface area contributed by atoms with Crippen molar-refractivity contribution < 1.29 is 14.4 Å². The Hall–Kier alpha value is -2.52. The van der Waals surface area contributed by atoms with Crippen LogP contribution in [0.2, 0.25) is 0 Å². The summed E-state index contributed by atoms with van der Waals surface area (Å²) in [5.74, 6) is 0.336. The van der Waals surface area contributed by atoms with Crippen molar-refractivity contribution in [3.05, 3.63) is 51.3 Å². The second-order valence-corrected chi connectivity index (χ2v) is 6.32. The Morgan fingerprint density at radius 1 is 1.50 bits per heavy atom. The normalized spacial score (nSPS) is 12.3. The minimum absolute atomic E-state index is 0.195. The maximum atomic E-state index is 12.2. The molecule has 0 saturated carbocycles. The molecule has 3 heterocycles. The smallest absolute Gasteiger partial charge is 0.273 e. The van der Waals surface area contributed by atoms with Gasteiger partial charge in [0, 0.05) is 17.0 Å². The number of carbonyl (C=O) groups is 1. The number of rotatable bonds is 6. The minimum atomic E-state index is -0.676. The van der Waals surface area contributed by atoms with Crippen molar-refractivity contribution >= 4 is 17.2 Å². The molecule has 0 spiro atoms. The summed E-state index contributed by atoms with van der Waals surface area (Å²) in [5, 5.41) is 26.3. The van der Waals surface area contributed by atoms with Gasteiger partial charge >= 0.3 is 0 Å².